The number of aromatic amines is 1. The lowest BCUT2D eigenvalue weighted by atomic mass is 9.85. The number of nitrogens with two attached hydrogens (primary N) is 2. The third-order valence-corrected chi connectivity index (χ3v) is 8.38. The molecule has 0 radical (unpaired) electrons. The molecule has 0 unspecified atom stereocenters. The second-order valence-corrected chi connectivity index (χ2v) is 15.9. The number of imidazole rings is 1. The van der Waals surface area contributed by atoms with Crippen LogP contribution < -0.4 is 43.4 Å². The summed E-state index contributed by atoms with van der Waals surface area (Å²) in [7, 11) is 0. The predicted octanol–water partition coefficient (Wildman–Crippen LogP) is -2.27. The van der Waals surface area contributed by atoms with Crippen molar-refractivity contribution < 1.29 is 48.2 Å². The standard InChI is InChI=1S/C38H58N10O10/c1-20(44-32(53)24(14-22-12-10-9-11-13-22)47-35(56)29(40)21(2)49)31(52)45-25(15-23-17-41-19-43-23)33(54)46-26(16-27(39)50)34(55)48-30(37(3,4)5)36(57)42-18-28(51)58-38(6,7)8/h9-13,17,19-21,24-26,29-30,49H,14-16,18,40H2,1-8H3,(H2,39,50)(H,41,43)(H,42,57)(H,44,53)(H,45,52)(H,46,54)(H,47,56)(H,48,55)/t20-,21+,24-,25-,26-,29-,30+/m0/s1. The average Bonchev–Trinajstić information content (AvgIpc) is 3.63. The van der Waals surface area contributed by atoms with Crippen LogP contribution in [0.25, 0.3) is 0 Å². The number of aliphatic hydroxyl groups is 1. The third-order valence-electron chi connectivity index (χ3n) is 8.38. The smallest absolute Gasteiger partial charge is 0.325 e. The number of hydrogen-bond acceptors (Lipinski definition) is 12. The Kier molecular flexibility index (Phi) is 18.0. The zero-order chi connectivity index (χ0) is 44.0. The third kappa shape index (κ3) is 16.7. The van der Waals surface area contributed by atoms with Gasteiger partial charge in [-0.25, -0.2) is 4.98 Å². The average molecular weight is 815 g/mol. The molecule has 20 nitrogen and oxygen atoms in total. The van der Waals surface area contributed by atoms with Gasteiger partial charge in [0.25, 0.3) is 0 Å². The Morgan fingerprint density at radius 1 is 0.759 bits per heavy atom. The summed E-state index contributed by atoms with van der Waals surface area (Å²) in [4.78, 5) is 111. The van der Waals surface area contributed by atoms with Crippen LogP contribution in [0.2, 0.25) is 0 Å². The van der Waals surface area contributed by atoms with Crippen molar-refractivity contribution in [1.29, 1.82) is 0 Å². The maximum Gasteiger partial charge on any atom is 0.325 e. The highest BCUT2D eigenvalue weighted by atomic mass is 16.6. The highest BCUT2D eigenvalue weighted by Gasteiger charge is 2.37. The van der Waals surface area contributed by atoms with E-state index in [2.05, 4.69) is 41.9 Å². The SMILES string of the molecule is C[C@H](NC(=O)[C@H](Cc1ccccc1)NC(=O)[C@@H](N)[C@@H](C)O)C(=O)N[C@@H](Cc1cnc[nH]1)C(=O)N[C@@H](CC(N)=O)C(=O)N[C@H](C(=O)NCC(=O)OC(C)(C)C)C(C)(C)C. The molecule has 0 aliphatic heterocycles. The quantitative estimate of drug-likeness (QED) is 0.0633. The Morgan fingerprint density at radius 3 is 1.84 bits per heavy atom. The molecule has 0 aliphatic rings. The van der Waals surface area contributed by atoms with E-state index in [-0.39, 0.29) is 12.8 Å². The molecular formula is C38H58N10O10. The number of hydrogen-bond donors (Lipinski definition) is 10. The van der Waals surface area contributed by atoms with Crippen LogP contribution in [-0.2, 0) is 55.9 Å². The van der Waals surface area contributed by atoms with Crippen LogP contribution in [-0.4, -0.2) is 117 Å². The van der Waals surface area contributed by atoms with E-state index in [0.717, 1.165) is 0 Å². The summed E-state index contributed by atoms with van der Waals surface area (Å²) in [6.07, 6.45) is 0.637. The van der Waals surface area contributed by atoms with Crippen molar-refractivity contribution in [3.8, 4) is 0 Å². The number of amides is 7. The largest absolute Gasteiger partial charge is 0.459 e. The molecule has 0 spiro atoms. The van der Waals surface area contributed by atoms with Crippen molar-refractivity contribution in [2.75, 3.05) is 6.54 Å². The number of aromatic nitrogens is 2. The molecular weight excluding hydrogens is 756 g/mol. The Morgan fingerprint density at radius 2 is 1.31 bits per heavy atom. The van der Waals surface area contributed by atoms with Crippen LogP contribution in [0.15, 0.2) is 42.9 Å². The van der Waals surface area contributed by atoms with Gasteiger partial charge in [0.05, 0.1) is 18.9 Å². The van der Waals surface area contributed by atoms with E-state index >= 15 is 0 Å². The Hall–Kier alpha value is -5.89. The van der Waals surface area contributed by atoms with Gasteiger partial charge in [0, 0.05) is 24.7 Å². The summed E-state index contributed by atoms with van der Waals surface area (Å²) in [5.74, 6) is -6.75. The van der Waals surface area contributed by atoms with Crippen LogP contribution in [0.4, 0.5) is 0 Å². The van der Waals surface area contributed by atoms with E-state index in [1.165, 1.54) is 26.4 Å². The fraction of sp³-hybridized carbons (Fsp3) is 0.553. The van der Waals surface area contributed by atoms with Crippen molar-refractivity contribution in [3.05, 3.63) is 54.1 Å². The topological polar surface area (TPSA) is 319 Å². The minimum atomic E-state index is -1.62. The first-order valence-corrected chi connectivity index (χ1v) is 18.6. The number of aliphatic hydroxyl groups excluding tert-OH is 1. The number of benzene rings is 1. The lowest BCUT2D eigenvalue weighted by Crippen LogP contribution is -2.61. The Bertz CT molecular complexity index is 1740. The van der Waals surface area contributed by atoms with Gasteiger partial charge in [0.15, 0.2) is 0 Å². The summed E-state index contributed by atoms with van der Waals surface area (Å²) >= 11 is 0. The Balaban J connectivity index is 2.28. The van der Waals surface area contributed by atoms with Crippen LogP contribution in [0.5, 0.6) is 0 Å². The second-order valence-electron chi connectivity index (χ2n) is 15.9. The molecule has 1 aromatic carbocycles. The van der Waals surface area contributed by atoms with Gasteiger partial charge in [-0.05, 0) is 45.6 Å². The zero-order valence-electron chi connectivity index (χ0n) is 34.1. The number of carbonyl (C=O) groups is 8. The molecule has 0 saturated carbocycles. The molecule has 20 heteroatoms. The molecule has 58 heavy (non-hydrogen) atoms. The first-order chi connectivity index (χ1) is 26.9. The summed E-state index contributed by atoms with van der Waals surface area (Å²) in [5.41, 5.74) is 10.5. The van der Waals surface area contributed by atoms with E-state index in [1.807, 2.05) is 0 Å². The number of esters is 1. The van der Waals surface area contributed by atoms with Crippen molar-refractivity contribution >= 4 is 47.3 Å². The van der Waals surface area contributed by atoms with Crippen molar-refractivity contribution in [2.45, 2.75) is 123 Å². The fourth-order valence-corrected chi connectivity index (χ4v) is 5.29. The second kappa shape index (κ2) is 21.6. The van der Waals surface area contributed by atoms with Gasteiger partial charge in [-0.3, -0.25) is 38.4 Å². The van der Waals surface area contributed by atoms with E-state index in [4.69, 9.17) is 16.2 Å². The number of rotatable bonds is 20. The highest BCUT2D eigenvalue weighted by Crippen LogP contribution is 2.20. The minimum absolute atomic E-state index is 0.00885. The van der Waals surface area contributed by atoms with E-state index < -0.39 is 114 Å². The highest BCUT2D eigenvalue weighted by molar-refractivity contribution is 5.98. The molecule has 320 valence electrons. The summed E-state index contributed by atoms with van der Waals surface area (Å²) in [5, 5.41) is 24.8. The molecule has 0 saturated heterocycles. The first kappa shape index (κ1) is 48.3. The molecule has 2 aromatic rings. The van der Waals surface area contributed by atoms with Gasteiger partial charge in [-0.1, -0.05) is 51.1 Å². The van der Waals surface area contributed by atoms with Gasteiger partial charge in [0.2, 0.25) is 41.4 Å². The van der Waals surface area contributed by atoms with E-state index in [0.29, 0.717) is 11.3 Å². The number of carbonyl (C=O) groups excluding carboxylic acids is 8. The van der Waals surface area contributed by atoms with Gasteiger partial charge < -0.3 is 58.2 Å². The molecule has 2 rings (SSSR count). The molecule has 1 aromatic heterocycles. The van der Waals surface area contributed by atoms with E-state index in [1.54, 1.807) is 71.9 Å². The van der Waals surface area contributed by atoms with Crippen molar-refractivity contribution in [3.63, 3.8) is 0 Å². The molecule has 0 bridgehead atoms. The van der Waals surface area contributed by atoms with Gasteiger partial charge in [-0.15, -0.1) is 0 Å². The Labute approximate surface area is 337 Å². The molecule has 1 heterocycles. The summed E-state index contributed by atoms with van der Waals surface area (Å²) in [6, 6.07) is 0.541. The molecule has 12 N–H and O–H groups in total. The molecule has 7 amide bonds. The number of primary amides is 1. The van der Waals surface area contributed by atoms with Crippen LogP contribution in [0.1, 0.15) is 73.1 Å². The summed E-state index contributed by atoms with van der Waals surface area (Å²) < 4.78 is 5.22. The fourth-order valence-electron chi connectivity index (χ4n) is 5.29. The summed E-state index contributed by atoms with van der Waals surface area (Å²) in [6.45, 7) is 12.1. The van der Waals surface area contributed by atoms with Crippen LogP contribution >= 0.6 is 0 Å². The van der Waals surface area contributed by atoms with Crippen LogP contribution in [0, 0.1) is 5.41 Å². The maximum atomic E-state index is 13.8. The van der Waals surface area contributed by atoms with Crippen molar-refractivity contribution in [2.24, 2.45) is 16.9 Å². The van der Waals surface area contributed by atoms with Gasteiger partial charge >= 0.3 is 5.97 Å². The molecule has 0 aliphatic carbocycles. The first-order valence-electron chi connectivity index (χ1n) is 18.6. The normalized spacial score (nSPS) is 15.1. The van der Waals surface area contributed by atoms with Gasteiger partial charge in [0.1, 0.15) is 48.4 Å². The maximum absolute atomic E-state index is 13.8. The molecule has 0 fully saturated rings. The van der Waals surface area contributed by atoms with Crippen molar-refractivity contribution in [1.82, 2.24) is 41.9 Å². The number of H-pyrrole nitrogens is 1. The zero-order valence-corrected chi connectivity index (χ0v) is 34.1. The minimum Gasteiger partial charge on any atom is -0.459 e. The van der Waals surface area contributed by atoms with Gasteiger partial charge in [-0.2, -0.15) is 0 Å². The number of nitrogens with zero attached hydrogens (tertiary/aromatic N) is 1. The van der Waals surface area contributed by atoms with E-state index in [9.17, 15) is 43.5 Å². The number of ether oxygens (including phenoxy) is 1. The number of nitrogens with one attached hydrogen (secondary N) is 7. The lowest BCUT2D eigenvalue weighted by molar-refractivity contribution is -0.154. The lowest BCUT2D eigenvalue weighted by Gasteiger charge is -2.32. The predicted molar refractivity (Wildman–Crippen MR) is 210 cm³/mol. The van der Waals surface area contributed by atoms with Crippen LogP contribution in [0.3, 0.4) is 0 Å². The molecule has 7 atom stereocenters. The monoisotopic (exact) mass is 814 g/mol.